The van der Waals surface area contributed by atoms with Gasteiger partial charge in [0.25, 0.3) is 5.91 Å². The molecule has 0 bridgehead atoms. The van der Waals surface area contributed by atoms with E-state index in [1.165, 1.54) is 19.2 Å². The zero-order valence-corrected chi connectivity index (χ0v) is 14.6. The van der Waals surface area contributed by atoms with Gasteiger partial charge in [-0.05, 0) is 37.3 Å². The van der Waals surface area contributed by atoms with Crippen LogP contribution in [0, 0.1) is 0 Å². The first-order valence-corrected chi connectivity index (χ1v) is 8.17. The Balaban J connectivity index is 1.78. The Morgan fingerprint density at radius 2 is 1.85 bits per heavy atom. The Hall–Kier alpha value is -3.25. The summed E-state index contributed by atoms with van der Waals surface area (Å²) in [6.07, 6.45) is 1.48. The van der Waals surface area contributed by atoms with E-state index in [1.54, 1.807) is 48.5 Å². The normalized spacial score (nSPS) is 10.2. The molecule has 1 aromatic heterocycles. The van der Waals surface area contributed by atoms with Gasteiger partial charge in [0.05, 0.1) is 10.7 Å². The molecule has 0 saturated carbocycles. The molecule has 0 atom stereocenters. The minimum Gasteiger partial charge on any atom is -0.324 e. The predicted octanol–water partition coefficient (Wildman–Crippen LogP) is 4.33. The van der Waals surface area contributed by atoms with Crippen molar-refractivity contribution in [1.82, 2.24) is 9.97 Å². The molecular formula is C19H15ClN4O2. The number of rotatable bonds is 5. The van der Waals surface area contributed by atoms with Gasteiger partial charge in [-0.3, -0.25) is 9.59 Å². The summed E-state index contributed by atoms with van der Waals surface area (Å²) in [6, 6.07) is 15.4. The highest BCUT2D eigenvalue weighted by Gasteiger charge is 2.11. The Morgan fingerprint density at radius 1 is 1.04 bits per heavy atom. The molecule has 0 aliphatic rings. The second kappa shape index (κ2) is 7.76. The van der Waals surface area contributed by atoms with Crippen LogP contribution in [0.5, 0.6) is 0 Å². The summed E-state index contributed by atoms with van der Waals surface area (Å²) in [5.74, 6) is -0.194. The van der Waals surface area contributed by atoms with Gasteiger partial charge in [-0.2, -0.15) is 0 Å². The van der Waals surface area contributed by atoms with Gasteiger partial charge in [0, 0.05) is 17.4 Å². The third-order valence-corrected chi connectivity index (χ3v) is 3.87. The highest BCUT2D eigenvalue weighted by molar-refractivity contribution is 6.33. The fourth-order valence-corrected chi connectivity index (χ4v) is 2.42. The van der Waals surface area contributed by atoms with E-state index < -0.39 is 5.91 Å². The van der Waals surface area contributed by atoms with Gasteiger partial charge in [-0.1, -0.05) is 35.9 Å². The molecule has 1 heterocycles. The summed E-state index contributed by atoms with van der Waals surface area (Å²) < 4.78 is 0. The van der Waals surface area contributed by atoms with Gasteiger partial charge < -0.3 is 10.6 Å². The second-order valence-electron chi connectivity index (χ2n) is 5.46. The van der Waals surface area contributed by atoms with Crippen LogP contribution in [-0.2, 0) is 0 Å². The van der Waals surface area contributed by atoms with Crippen LogP contribution in [0.2, 0.25) is 5.02 Å². The largest absolute Gasteiger partial charge is 0.324 e. The van der Waals surface area contributed by atoms with Crippen LogP contribution < -0.4 is 10.6 Å². The Kier molecular flexibility index (Phi) is 5.24. The molecule has 7 heteroatoms. The quantitative estimate of drug-likeness (QED) is 0.656. The zero-order chi connectivity index (χ0) is 18.5. The van der Waals surface area contributed by atoms with Gasteiger partial charge in [-0.15, -0.1) is 0 Å². The molecule has 0 aliphatic heterocycles. The number of aromatic nitrogens is 2. The third kappa shape index (κ3) is 4.23. The van der Waals surface area contributed by atoms with Gasteiger partial charge in [0.2, 0.25) is 5.95 Å². The maximum absolute atomic E-state index is 12.4. The summed E-state index contributed by atoms with van der Waals surface area (Å²) in [6.45, 7) is 1.50. The van der Waals surface area contributed by atoms with Crippen molar-refractivity contribution < 1.29 is 9.59 Å². The number of benzene rings is 2. The summed E-state index contributed by atoms with van der Waals surface area (Å²) in [5, 5.41) is 6.14. The van der Waals surface area contributed by atoms with Crippen LogP contribution in [-0.4, -0.2) is 21.7 Å². The standard InChI is InChI=1S/C19H15ClN4O2/c1-12(25)13-5-4-6-14(11-13)22-19-21-10-9-17(24-19)18(26)23-16-8-3-2-7-15(16)20/h2-11H,1H3,(H,23,26)(H,21,22,24). The highest BCUT2D eigenvalue weighted by Crippen LogP contribution is 2.21. The van der Waals surface area contributed by atoms with E-state index in [-0.39, 0.29) is 17.4 Å². The van der Waals surface area contributed by atoms with Gasteiger partial charge >= 0.3 is 0 Å². The summed E-state index contributed by atoms with van der Waals surface area (Å²) in [7, 11) is 0. The smallest absolute Gasteiger partial charge is 0.274 e. The number of hydrogen-bond acceptors (Lipinski definition) is 5. The molecule has 0 radical (unpaired) electrons. The van der Waals surface area contributed by atoms with E-state index in [9.17, 15) is 9.59 Å². The lowest BCUT2D eigenvalue weighted by Gasteiger charge is -2.09. The number of carbonyl (C=O) groups is 2. The lowest BCUT2D eigenvalue weighted by molar-refractivity contribution is 0.101. The molecule has 0 aliphatic carbocycles. The minimum absolute atomic E-state index is 0.0394. The number of nitrogens with one attached hydrogen (secondary N) is 2. The Morgan fingerprint density at radius 3 is 2.62 bits per heavy atom. The Labute approximate surface area is 155 Å². The van der Waals surface area contributed by atoms with Gasteiger partial charge in [0.15, 0.2) is 5.78 Å². The molecule has 0 spiro atoms. The molecule has 0 unspecified atom stereocenters. The summed E-state index contributed by atoms with van der Waals surface area (Å²) in [5.41, 5.74) is 1.91. The monoisotopic (exact) mass is 366 g/mol. The molecule has 2 aromatic carbocycles. The first-order valence-electron chi connectivity index (χ1n) is 7.80. The minimum atomic E-state index is -0.402. The second-order valence-corrected chi connectivity index (χ2v) is 5.87. The number of Topliss-reactive ketones (excluding diaryl/α,β-unsaturated/α-hetero) is 1. The van der Waals surface area contributed by atoms with Crippen LogP contribution in [0.25, 0.3) is 0 Å². The highest BCUT2D eigenvalue weighted by atomic mass is 35.5. The third-order valence-electron chi connectivity index (χ3n) is 3.54. The topological polar surface area (TPSA) is 84.0 Å². The first kappa shape index (κ1) is 17.6. The molecule has 130 valence electrons. The fraction of sp³-hybridized carbons (Fsp3) is 0.0526. The van der Waals surface area contributed by atoms with Crippen LogP contribution in [0.15, 0.2) is 60.8 Å². The van der Waals surface area contributed by atoms with Crippen LogP contribution in [0.4, 0.5) is 17.3 Å². The average molecular weight is 367 g/mol. The molecule has 0 fully saturated rings. The lowest BCUT2D eigenvalue weighted by atomic mass is 10.1. The van der Waals surface area contributed by atoms with E-state index in [0.29, 0.717) is 22.0 Å². The number of hydrogen-bond donors (Lipinski definition) is 2. The van der Waals surface area contributed by atoms with Crippen molar-refractivity contribution in [3.8, 4) is 0 Å². The first-order chi connectivity index (χ1) is 12.5. The van der Waals surface area contributed by atoms with E-state index in [4.69, 9.17) is 11.6 Å². The van der Waals surface area contributed by atoms with E-state index in [1.807, 2.05) is 0 Å². The van der Waals surface area contributed by atoms with Crippen molar-refractivity contribution in [2.24, 2.45) is 0 Å². The molecular weight excluding hydrogens is 352 g/mol. The maximum atomic E-state index is 12.4. The summed E-state index contributed by atoms with van der Waals surface area (Å²) >= 11 is 6.05. The number of anilines is 3. The van der Waals surface area contributed by atoms with Crippen LogP contribution in [0.3, 0.4) is 0 Å². The maximum Gasteiger partial charge on any atom is 0.274 e. The van der Waals surface area contributed by atoms with Crippen molar-refractivity contribution in [3.63, 3.8) is 0 Å². The molecule has 26 heavy (non-hydrogen) atoms. The van der Waals surface area contributed by atoms with E-state index in [2.05, 4.69) is 20.6 Å². The predicted molar refractivity (Wildman–Crippen MR) is 101 cm³/mol. The van der Waals surface area contributed by atoms with Crippen molar-refractivity contribution in [2.45, 2.75) is 6.92 Å². The van der Waals surface area contributed by atoms with Gasteiger partial charge in [-0.25, -0.2) is 9.97 Å². The molecule has 3 aromatic rings. The van der Waals surface area contributed by atoms with E-state index in [0.717, 1.165) is 0 Å². The van der Waals surface area contributed by atoms with Crippen LogP contribution in [0.1, 0.15) is 27.8 Å². The fourth-order valence-electron chi connectivity index (χ4n) is 2.24. The van der Waals surface area contributed by atoms with E-state index >= 15 is 0 Å². The number of para-hydroxylation sites is 1. The number of halogens is 1. The number of nitrogens with zero attached hydrogens (tertiary/aromatic N) is 2. The number of carbonyl (C=O) groups excluding carboxylic acids is 2. The van der Waals surface area contributed by atoms with Crippen molar-refractivity contribution in [1.29, 1.82) is 0 Å². The Bertz CT molecular complexity index is 975. The molecule has 0 saturated heterocycles. The van der Waals surface area contributed by atoms with Crippen molar-refractivity contribution in [2.75, 3.05) is 10.6 Å². The zero-order valence-electron chi connectivity index (χ0n) is 13.9. The van der Waals surface area contributed by atoms with Crippen LogP contribution >= 0.6 is 11.6 Å². The molecule has 3 rings (SSSR count). The number of amides is 1. The average Bonchev–Trinajstić information content (AvgIpc) is 2.64. The molecule has 6 nitrogen and oxygen atoms in total. The summed E-state index contributed by atoms with van der Waals surface area (Å²) in [4.78, 5) is 32.2. The molecule has 2 N–H and O–H groups in total. The lowest BCUT2D eigenvalue weighted by Crippen LogP contribution is -2.15. The SMILES string of the molecule is CC(=O)c1cccc(Nc2nccc(C(=O)Nc3ccccc3Cl)n2)c1. The van der Waals surface area contributed by atoms with Crippen molar-refractivity contribution in [3.05, 3.63) is 77.1 Å². The van der Waals surface area contributed by atoms with Crippen molar-refractivity contribution >= 4 is 40.6 Å². The molecule has 1 amide bonds. The number of ketones is 1. The van der Waals surface area contributed by atoms with Gasteiger partial charge in [0.1, 0.15) is 5.69 Å².